The fourth-order valence-electron chi connectivity index (χ4n) is 2.05. The van der Waals surface area contributed by atoms with E-state index in [1.165, 1.54) is 12.7 Å². The Hall–Kier alpha value is -2.06. The molecule has 0 fully saturated rings. The van der Waals surface area contributed by atoms with Gasteiger partial charge in [0.05, 0.1) is 7.11 Å². The molecule has 3 heteroatoms. The van der Waals surface area contributed by atoms with E-state index in [-0.39, 0.29) is 5.97 Å². The van der Waals surface area contributed by atoms with E-state index in [9.17, 15) is 4.79 Å². The Morgan fingerprint density at radius 3 is 2.38 bits per heavy atom. The minimum absolute atomic E-state index is 0.291. The minimum Gasteiger partial charge on any atom is -0.466 e. The second-order valence-corrected chi connectivity index (χ2v) is 5.13. The number of benzene rings is 2. The van der Waals surface area contributed by atoms with Crippen molar-refractivity contribution in [2.24, 2.45) is 0 Å². The average molecular weight is 301 g/mol. The van der Waals surface area contributed by atoms with E-state index < -0.39 is 0 Å². The van der Waals surface area contributed by atoms with E-state index in [1.807, 2.05) is 36.4 Å². The molecule has 2 nitrogen and oxygen atoms in total. The van der Waals surface area contributed by atoms with E-state index in [2.05, 4.69) is 12.1 Å². The average Bonchev–Trinajstić information content (AvgIpc) is 2.53. The molecule has 2 aromatic carbocycles. The Kier molecular flexibility index (Phi) is 5.59. The first-order chi connectivity index (χ1) is 10.2. The van der Waals surface area contributed by atoms with Gasteiger partial charge in [-0.25, -0.2) is 4.79 Å². The standard InChI is InChI=1S/C18H17ClO2/c1-21-18(20)16(10-7-14-5-3-2-4-6-14)13-15-8-11-17(19)12-9-15/h2-6,8-9,11-13H,7,10H2,1H3/b16-13+. The zero-order valence-electron chi connectivity index (χ0n) is 11.9. The first kappa shape index (κ1) is 15.3. The Bertz CT molecular complexity index is 615. The number of esters is 1. The maximum atomic E-state index is 11.9. The normalized spacial score (nSPS) is 11.2. The molecular weight excluding hydrogens is 284 g/mol. The third-order valence-electron chi connectivity index (χ3n) is 3.18. The summed E-state index contributed by atoms with van der Waals surface area (Å²) in [5.74, 6) is -0.291. The summed E-state index contributed by atoms with van der Waals surface area (Å²) in [4.78, 5) is 11.9. The highest BCUT2D eigenvalue weighted by molar-refractivity contribution is 6.30. The van der Waals surface area contributed by atoms with Gasteiger partial charge in [-0.3, -0.25) is 0 Å². The minimum atomic E-state index is -0.291. The quantitative estimate of drug-likeness (QED) is 0.599. The monoisotopic (exact) mass is 300 g/mol. The van der Waals surface area contributed by atoms with Crippen LogP contribution in [0.1, 0.15) is 17.5 Å². The second kappa shape index (κ2) is 7.65. The van der Waals surface area contributed by atoms with Crippen molar-refractivity contribution in [1.82, 2.24) is 0 Å². The Morgan fingerprint density at radius 2 is 1.76 bits per heavy atom. The van der Waals surface area contributed by atoms with Crippen molar-refractivity contribution in [1.29, 1.82) is 0 Å². The lowest BCUT2D eigenvalue weighted by atomic mass is 10.0. The molecule has 108 valence electrons. The number of ether oxygens (including phenoxy) is 1. The Morgan fingerprint density at radius 1 is 1.10 bits per heavy atom. The molecule has 0 saturated carbocycles. The topological polar surface area (TPSA) is 26.3 Å². The van der Waals surface area contributed by atoms with Crippen molar-refractivity contribution in [2.75, 3.05) is 7.11 Å². The molecule has 21 heavy (non-hydrogen) atoms. The van der Waals surface area contributed by atoms with Gasteiger partial charge in [0.15, 0.2) is 0 Å². The molecule has 0 saturated heterocycles. The highest BCUT2D eigenvalue weighted by Gasteiger charge is 2.10. The van der Waals surface area contributed by atoms with E-state index in [0.717, 1.165) is 12.0 Å². The third-order valence-corrected chi connectivity index (χ3v) is 3.44. The van der Waals surface area contributed by atoms with Crippen molar-refractivity contribution in [2.45, 2.75) is 12.8 Å². The fraction of sp³-hybridized carbons (Fsp3) is 0.167. The zero-order valence-corrected chi connectivity index (χ0v) is 12.6. The van der Waals surface area contributed by atoms with Crippen LogP contribution >= 0.6 is 11.6 Å². The first-order valence-electron chi connectivity index (χ1n) is 6.77. The third kappa shape index (κ3) is 4.76. The predicted octanol–water partition coefficient (Wildman–Crippen LogP) is 4.53. The van der Waals surface area contributed by atoms with Crippen molar-refractivity contribution >= 4 is 23.6 Å². The van der Waals surface area contributed by atoms with Gasteiger partial charge in [0.2, 0.25) is 0 Å². The van der Waals surface area contributed by atoms with Gasteiger partial charge in [0, 0.05) is 10.6 Å². The Balaban J connectivity index is 2.14. The van der Waals surface area contributed by atoms with Crippen LogP contribution in [0.2, 0.25) is 5.02 Å². The predicted molar refractivity (Wildman–Crippen MR) is 86.2 cm³/mol. The SMILES string of the molecule is COC(=O)/C(=C/c1ccc(Cl)cc1)CCc1ccccc1. The number of aryl methyl sites for hydroxylation is 1. The molecule has 2 rings (SSSR count). The maximum absolute atomic E-state index is 11.9. The molecule has 0 N–H and O–H groups in total. The molecule has 0 unspecified atom stereocenters. The molecule has 0 atom stereocenters. The number of hydrogen-bond acceptors (Lipinski definition) is 2. The van der Waals surface area contributed by atoms with Gasteiger partial charge in [-0.2, -0.15) is 0 Å². The largest absolute Gasteiger partial charge is 0.466 e. The highest BCUT2D eigenvalue weighted by Crippen LogP contribution is 2.17. The van der Waals surface area contributed by atoms with E-state index in [0.29, 0.717) is 17.0 Å². The lowest BCUT2D eigenvalue weighted by Crippen LogP contribution is -2.06. The molecule has 0 aromatic heterocycles. The van der Waals surface area contributed by atoms with Gasteiger partial charge < -0.3 is 4.74 Å². The van der Waals surface area contributed by atoms with Gasteiger partial charge in [-0.05, 0) is 42.2 Å². The number of carbonyl (C=O) groups is 1. The van der Waals surface area contributed by atoms with E-state index in [1.54, 1.807) is 12.1 Å². The van der Waals surface area contributed by atoms with Gasteiger partial charge in [0.25, 0.3) is 0 Å². The van der Waals surface area contributed by atoms with Crippen LogP contribution in [0.15, 0.2) is 60.2 Å². The van der Waals surface area contributed by atoms with E-state index in [4.69, 9.17) is 16.3 Å². The number of hydrogen-bond donors (Lipinski definition) is 0. The lowest BCUT2D eigenvalue weighted by Gasteiger charge is -2.06. The molecule has 0 radical (unpaired) electrons. The Labute approximate surface area is 130 Å². The van der Waals surface area contributed by atoms with Crippen LogP contribution in [0.4, 0.5) is 0 Å². The van der Waals surface area contributed by atoms with E-state index >= 15 is 0 Å². The van der Waals surface area contributed by atoms with Crippen LogP contribution in [0, 0.1) is 0 Å². The van der Waals surface area contributed by atoms with Crippen molar-refractivity contribution < 1.29 is 9.53 Å². The smallest absolute Gasteiger partial charge is 0.333 e. The van der Waals surface area contributed by atoms with Crippen molar-refractivity contribution in [3.8, 4) is 0 Å². The van der Waals surface area contributed by atoms with Crippen molar-refractivity contribution in [3.05, 3.63) is 76.3 Å². The van der Waals surface area contributed by atoms with Crippen molar-refractivity contribution in [3.63, 3.8) is 0 Å². The zero-order chi connectivity index (χ0) is 15.1. The van der Waals surface area contributed by atoms with Crippen LogP contribution in [0.3, 0.4) is 0 Å². The molecular formula is C18H17ClO2. The fourth-order valence-corrected chi connectivity index (χ4v) is 2.17. The van der Waals surface area contributed by atoms with Crippen LogP contribution in [-0.2, 0) is 16.0 Å². The summed E-state index contributed by atoms with van der Waals surface area (Å²) in [7, 11) is 1.40. The molecule has 2 aromatic rings. The van der Waals surface area contributed by atoms with Crippen LogP contribution in [0.25, 0.3) is 6.08 Å². The summed E-state index contributed by atoms with van der Waals surface area (Å²) in [6.07, 6.45) is 3.29. The van der Waals surface area contributed by atoms with Crippen LogP contribution < -0.4 is 0 Å². The summed E-state index contributed by atoms with van der Waals surface area (Å²) >= 11 is 5.87. The summed E-state index contributed by atoms with van der Waals surface area (Å²) in [6.45, 7) is 0. The molecule has 0 spiro atoms. The maximum Gasteiger partial charge on any atom is 0.333 e. The number of rotatable bonds is 5. The molecule has 0 heterocycles. The van der Waals surface area contributed by atoms with Gasteiger partial charge >= 0.3 is 5.97 Å². The van der Waals surface area contributed by atoms with Gasteiger partial charge in [-0.1, -0.05) is 54.1 Å². The molecule has 0 amide bonds. The lowest BCUT2D eigenvalue weighted by molar-refractivity contribution is -0.136. The van der Waals surface area contributed by atoms with Gasteiger partial charge in [-0.15, -0.1) is 0 Å². The molecule has 0 bridgehead atoms. The summed E-state index contributed by atoms with van der Waals surface area (Å²) in [6, 6.07) is 17.5. The van der Waals surface area contributed by atoms with Crippen LogP contribution in [-0.4, -0.2) is 13.1 Å². The van der Waals surface area contributed by atoms with Crippen LogP contribution in [0.5, 0.6) is 0 Å². The highest BCUT2D eigenvalue weighted by atomic mass is 35.5. The van der Waals surface area contributed by atoms with Gasteiger partial charge in [0.1, 0.15) is 0 Å². The summed E-state index contributed by atoms with van der Waals surface area (Å²) in [5.41, 5.74) is 2.79. The number of methoxy groups -OCH3 is 1. The molecule has 0 aliphatic heterocycles. The number of halogens is 1. The molecule has 0 aliphatic carbocycles. The number of carbonyl (C=O) groups excluding carboxylic acids is 1. The summed E-state index contributed by atoms with van der Waals surface area (Å²) < 4.78 is 4.86. The molecule has 0 aliphatic rings. The second-order valence-electron chi connectivity index (χ2n) is 4.70. The first-order valence-corrected chi connectivity index (χ1v) is 7.15. The summed E-state index contributed by atoms with van der Waals surface area (Å²) in [5, 5.41) is 0.677.